The van der Waals surface area contributed by atoms with Crippen LogP contribution in [0.1, 0.15) is 41.0 Å². The molecule has 0 saturated carbocycles. The number of phenols is 3. The SMILES string of the molecule is CC(=O)Cc1cc(=O)c2c(C)cc(O)c([C@@H]3O[C@H](COC(=O)C=Cc4ccc(O)cc4)[C@@H](O)[C@H](O)[C@H]3OC(=O)C=Cc3ccc(O)cc3)c2o1. The van der Waals surface area contributed by atoms with Crippen molar-refractivity contribution in [2.45, 2.75) is 50.8 Å². The fraction of sp³-hybridized carbons (Fsp3) is 0.243. The van der Waals surface area contributed by atoms with E-state index in [0.717, 1.165) is 18.2 Å². The fourth-order valence-corrected chi connectivity index (χ4v) is 5.51. The average Bonchev–Trinajstić information content (AvgIpc) is 3.06. The number of ketones is 1. The second kappa shape index (κ2) is 15.2. The maximum Gasteiger partial charge on any atom is 0.331 e. The van der Waals surface area contributed by atoms with Crippen molar-refractivity contribution in [1.82, 2.24) is 0 Å². The van der Waals surface area contributed by atoms with Crippen LogP contribution in [0, 0.1) is 6.92 Å². The van der Waals surface area contributed by atoms with Crippen LogP contribution in [-0.2, 0) is 35.0 Å². The van der Waals surface area contributed by atoms with Crippen molar-refractivity contribution >= 4 is 40.8 Å². The monoisotopic (exact) mass is 686 g/mol. The third-order valence-corrected chi connectivity index (χ3v) is 7.91. The molecular weight excluding hydrogens is 652 g/mol. The second-order valence-corrected chi connectivity index (χ2v) is 11.7. The molecule has 1 aromatic heterocycles. The number of hydrogen-bond acceptors (Lipinski definition) is 13. The normalized spacial score (nSPS) is 20.7. The number of aryl methyl sites for hydroxylation is 1. The molecule has 50 heavy (non-hydrogen) atoms. The van der Waals surface area contributed by atoms with Gasteiger partial charge in [-0.15, -0.1) is 0 Å². The molecule has 1 aliphatic rings. The lowest BCUT2D eigenvalue weighted by Gasteiger charge is -2.42. The Kier molecular flexibility index (Phi) is 10.8. The van der Waals surface area contributed by atoms with Gasteiger partial charge in [-0.05, 0) is 73.0 Å². The van der Waals surface area contributed by atoms with Gasteiger partial charge in [0.1, 0.15) is 65.4 Å². The van der Waals surface area contributed by atoms with Crippen LogP contribution in [0.4, 0.5) is 0 Å². The lowest BCUT2D eigenvalue weighted by Crippen LogP contribution is -2.56. The smallest absolute Gasteiger partial charge is 0.331 e. The van der Waals surface area contributed by atoms with E-state index < -0.39 is 60.2 Å². The van der Waals surface area contributed by atoms with Gasteiger partial charge in [0.2, 0.25) is 0 Å². The van der Waals surface area contributed by atoms with Gasteiger partial charge in [-0.1, -0.05) is 24.3 Å². The number of hydrogen-bond donors (Lipinski definition) is 5. The van der Waals surface area contributed by atoms with Crippen molar-refractivity contribution in [3.05, 3.63) is 111 Å². The van der Waals surface area contributed by atoms with Crippen molar-refractivity contribution in [1.29, 1.82) is 0 Å². The molecule has 3 aromatic carbocycles. The summed E-state index contributed by atoms with van der Waals surface area (Å²) in [6, 6.07) is 14.3. The van der Waals surface area contributed by atoms with E-state index >= 15 is 0 Å². The lowest BCUT2D eigenvalue weighted by atomic mass is 9.89. The van der Waals surface area contributed by atoms with E-state index in [0.29, 0.717) is 16.7 Å². The molecule has 0 spiro atoms. The second-order valence-electron chi connectivity index (χ2n) is 11.7. The van der Waals surface area contributed by atoms with E-state index in [1.165, 1.54) is 61.5 Å². The molecule has 5 rings (SSSR count). The number of carbonyl (C=O) groups excluding carboxylic acids is 3. The molecule has 13 heteroatoms. The topological polar surface area (TPSA) is 210 Å². The number of carbonyl (C=O) groups is 3. The molecule has 0 unspecified atom stereocenters. The number of aromatic hydroxyl groups is 3. The molecule has 1 aliphatic heterocycles. The number of aliphatic hydroxyl groups is 2. The van der Waals surface area contributed by atoms with Crippen molar-refractivity contribution in [3.63, 3.8) is 0 Å². The Morgan fingerprint density at radius 3 is 2.00 bits per heavy atom. The summed E-state index contributed by atoms with van der Waals surface area (Å²) < 4.78 is 22.9. The van der Waals surface area contributed by atoms with Crippen LogP contribution in [0.15, 0.2) is 82.0 Å². The zero-order valence-electron chi connectivity index (χ0n) is 26.9. The number of Topliss-reactive ketones (excluding diaryl/α,β-unsaturated/α-hetero) is 1. The standard InChI is InChI=1S/C37H34O13/c1-19-15-26(41)32(35-31(19)27(42)17-25(48-35)16-20(2)38)36-37(50-30(44)14-8-22-5-11-24(40)12-6-22)34(46)33(45)28(49-36)18-47-29(43)13-7-21-3-9-23(39)10-4-21/h3-15,17,28,33-34,36-37,39-41,45-46H,16,18H2,1-2H3/t28-,33-,34+,36+,37-/m1/s1. The highest BCUT2D eigenvalue weighted by Gasteiger charge is 2.49. The Morgan fingerprint density at radius 1 is 0.840 bits per heavy atom. The van der Waals surface area contributed by atoms with Crippen LogP contribution in [0.3, 0.4) is 0 Å². The summed E-state index contributed by atoms with van der Waals surface area (Å²) in [5.74, 6) is -2.57. The summed E-state index contributed by atoms with van der Waals surface area (Å²) in [6.45, 7) is 2.25. The zero-order chi connectivity index (χ0) is 36.1. The van der Waals surface area contributed by atoms with E-state index in [-0.39, 0.29) is 46.0 Å². The van der Waals surface area contributed by atoms with E-state index in [2.05, 4.69) is 0 Å². The van der Waals surface area contributed by atoms with Crippen LogP contribution >= 0.6 is 0 Å². The van der Waals surface area contributed by atoms with E-state index in [1.54, 1.807) is 19.1 Å². The quantitative estimate of drug-likeness (QED) is 0.120. The Labute approximate surface area is 284 Å². The van der Waals surface area contributed by atoms with Crippen LogP contribution in [0.25, 0.3) is 23.1 Å². The van der Waals surface area contributed by atoms with Gasteiger partial charge in [0, 0.05) is 18.2 Å². The van der Waals surface area contributed by atoms with E-state index in [1.807, 2.05) is 0 Å². The van der Waals surface area contributed by atoms with E-state index in [4.69, 9.17) is 18.6 Å². The van der Waals surface area contributed by atoms with Gasteiger partial charge in [-0.2, -0.15) is 0 Å². The predicted octanol–water partition coefficient (Wildman–Crippen LogP) is 3.39. The molecule has 5 N–H and O–H groups in total. The Morgan fingerprint density at radius 2 is 1.42 bits per heavy atom. The number of esters is 2. The molecule has 0 amide bonds. The van der Waals surface area contributed by atoms with Crippen molar-refractivity contribution in [2.24, 2.45) is 0 Å². The third-order valence-electron chi connectivity index (χ3n) is 7.91. The van der Waals surface area contributed by atoms with Crippen molar-refractivity contribution in [3.8, 4) is 17.2 Å². The first kappa shape index (κ1) is 35.5. The van der Waals surface area contributed by atoms with Crippen molar-refractivity contribution in [2.75, 3.05) is 6.61 Å². The largest absolute Gasteiger partial charge is 0.508 e. The third kappa shape index (κ3) is 8.26. The summed E-state index contributed by atoms with van der Waals surface area (Å²) in [7, 11) is 0. The lowest BCUT2D eigenvalue weighted by molar-refractivity contribution is -0.241. The van der Waals surface area contributed by atoms with Gasteiger partial charge < -0.3 is 44.2 Å². The number of fused-ring (bicyclic) bond motifs is 1. The first-order valence-corrected chi connectivity index (χ1v) is 15.4. The van der Waals surface area contributed by atoms with Crippen LogP contribution < -0.4 is 5.43 Å². The van der Waals surface area contributed by atoms with Crippen LogP contribution in [-0.4, -0.2) is 74.3 Å². The Hall–Kier alpha value is -5.76. The highest BCUT2D eigenvalue weighted by molar-refractivity contribution is 5.89. The van der Waals surface area contributed by atoms with Crippen LogP contribution in [0.5, 0.6) is 17.2 Å². The Balaban J connectivity index is 1.50. The number of ether oxygens (including phenoxy) is 3. The summed E-state index contributed by atoms with van der Waals surface area (Å²) in [5.41, 5.74) is 0.475. The Bertz CT molecular complexity index is 2010. The minimum absolute atomic E-state index is 0.0147. The first-order chi connectivity index (χ1) is 23.8. The van der Waals surface area contributed by atoms with E-state index in [9.17, 15) is 44.7 Å². The molecule has 0 radical (unpaired) electrons. The summed E-state index contributed by atoms with van der Waals surface area (Å²) >= 11 is 0. The number of phenolic OH excluding ortho intramolecular Hbond substituents is 3. The fourth-order valence-electron chi connectivity index (χ4n) is 5.51. The van der Waals surface area contributed by atoms with Gasteiger partial charge >= 0.3 is 11.9 Å². The molecule has 4 aromatic rings. The molecule has 0 aliphatic carbocycles. The highest BCUT2D eigenvalue weighted by atomic mass is 16.6. The minimum Gasteiger partial charge on any atom is -0.508 e. The summed E-state index contributed by atoms with van der Waals surface area (Å²) in [6.07, 6.45) is -3.71. The highest BCUT2D eigenvalue weighted by Crippen LogP contribution is 2.43. The average molecular weight is 687 g/mol. The molecule has 13 nitrogen and oxygen atoms in total. The predicted molar refractivity (Wildman–Crippen MR) is 178 cm³/mol. The molecule has 260 valence electrons. The maximum atomic E-state index is 13.2. The number of aliphatic hydroxyl groups excluding tert-OH is 2. The molecule has 5 atom stereocenters. The molecule has 1 fully saturated rings. The van der Waals surface area contributed by atoms with Crippen molar-refractivity contribution < 1.29 is 58.5 Å². The van der Waals surface area contributed by atoms with Gasteiger partial charge in [0.25, 0.3) is 0 Å². The van der Waals surface area contributed by atoms with Gasteiger partial charge in [-0.3, -0.25) is 9.59 Å². The minimum atomic E-state index is -1.88. The zero-order valence-corrected chi connectivity index (χ0v) is 26.9. The molecule has 1 saturated heterocycles. The van der Waals surface area contributed by atoms with Gasteiger partial charge in [0.15, 0.2) is 11.5 Å². The molecule has 2 heterocycles. The first-order valence-electron chi connectivity index (χ1n) is 15.4. The molecule has 0 bridgehead atoms. The van der Waals surface area contributed by atoms with Gasteiger partial charge in [0.05, 0.1) is 17.4 Å². The van der Waals surface area contributed by atoms with Crippen LogP contribution in [0.2, 0.25) is 0 Å². The maximum absolute atomic E-state index is 13.2. The number of benzene rings is 3. The van der Waals surface area contributed by atoms with Gasteiger partial charge in [-0.25, -0.2) is 9.59 Å². The summed E-state index contributed by atoms with van der Waals surface area (Å²) in [4.78, 5) is 50.7. The number of rotatable bonds is 10. The molecular formula is C37H34O13. The summed E-state index contributed by atoms with van der Waals surface area (Å²) in [5, 5.41) is 52.6.